The average molecular weight is 686 g/mol. The Balaban J connectivity index is 1.00. The number of fused-ring (bicyclic) bond motifs is 2. The molecule has 0 atom stereocenters. The van der Waals surface area contributed by atoms with E-state index in [1.54, 1.807) is 12.3 Å². The van der Waals surface area contributed by atoms with Crippen molar-refractivity contribution in [3.05, 3.63) is 118 Å². The molecule has 0 unspecified atom stereocenters. The molecular weight excluding hydrogens is 642 g/mol. The Labute approximate surface area is 295 Å². The summed E-state index contributed by atoms with van der Waals surface area (Å²) in [5.74, 6) is -0.230. The number of carbonyl (C=O) groups is 1. The van der Waals surface area contributed by atoms with E-state index in [1.807, 2.05) is 59.2 Å². The van der Waals surface area contributed by atoms with E-state index in [4.69, 9.17) is 9.72 Å². The summed E-state index contributed by atoms with van der Waals surface area (Å²) < 4.78 is 7.34. The molecule has 4 heterocycles. The van der Waals surface area contributed by atoms with Crippen molar-refractivity contribution in [2.75, 3.05) is 38.2 Å². The van der Waals surface area contributed by atoms with Gasteiger partial charge in [-0.15, -0.1) is 0 Å². The predicted molar refractivity (Wildman–Crippen MR) is 202 cm³/mol. The van der Waals surface area contributed by atoms with Crippen molar-refractivity contribution in [1.82, 2.24) is 29.7 Å². The third-order valence-corrected chi connectivity index (χ3v) is 9.43. The zero-order chi connectivity index (χ0) is 35.3. The number of ether oxygens (including phenoxy) is 1. The summed E-state index contributed by atoms with van der Waals surface area (Å²) in [6.07, 6.45) is 3.30. The van der Waals surface area contributed by atoms with Crippen molar-refractivity contribution in [3.63, 3.8) is 0 Å². The molecule has 4 N–H and O–H groups in total. The zero-order valence-electron chi connectivity index (χ0n) is 28.9. The normalized spacial score (nSPS) is 14.1. The van der Waals surface area contributed by atoms with Gasteiger partial charge in [-0.05, 0) is 54.3 Å². The number of rotatable bonds is 12. The highest BCUT2D eigenvalue weighted by molar-refractivity contribution is 5.94. The SMILES string of the molecule is CC(C)NCCOCC(=O)Nc1ccc2[nH]c(=O)n(C3CCN(Cc4ccc(-c5nc6cc[nH]c(=O)c6cc5-c5ccccc5)cc4)CC3)c2c1. The first-order chi connectivity index (χ1) is 24.8. The molecule has 1 aliphatic heterocycles. The second-order valence-corrected chi connectivity index (χ2v) is 13.4. The van der Waals surface area contributed by atoms with E-state index in [1.165, 1.54) is 5.56 Å². The van der Waals surface area contributed by atoms with E-state index >= 15 is 0 Å². The van der Waals surface area contributed by atoms with Crippen LogP contribution in [0.3, 0.4) is 0 Å². The van der Waals surface area contributed by atoms with Gasteiger partial charge in [0.15, 0.2) is 0 Å². The van der Waals surface area contributed by atoms with Crippen molar-refractivity contribution in [2.24, 2.45) is 0 Å². The van der Waals surface area contributed by atoms with Gasteiger partial charge < -0.3 is 25.3 Å². The number of aromatic nitrogens is 4. The van der Waals surface area contributed by atoms with Gasteiger partial charge >= 0.3 is 5.69 Å². The molecule has 3 aromatic heterocycles. The lowest BCUT2D eigenvalue weighted by molar-refractivity contribution is -0.120. The Kier molecular flexibility index (Phi) is 10.2. The molecule has 1 fully saturated rings. The molecule has 3 aromatic carbocycles. The van der Waals surface area contributed by atoms with Gasteiger partial charge in [-0.3, -0.25) is 19.1 Å². The van der Waals surface area contributed by atoms with Crippen molar-refractivity contribution in [1.29, 1.82) is 0 Å². The average Bonchev–Trinajstić information content (AvgIpc) is 3.47. The molecule has 6 aromatic rings. The predicted octanol–water partition coefficient (Wildman–Crippen LogP) is 5.69. The molecule has 0 saturated carbocycles. The Morgan fingerprint density at radius 1 is 0.961 bits per heavy atom. The lowest BCUT2D eigenvalue weighted by atomic mass is 9.97. The topological polar surface area (TPSA) is 137 Å². The van der Waals surface area contributed by atoms with Gasteiger partial charge in [0.25, 0.3) is 5.56 Å². The monoisotopic (exact) mass is 685 g/mol. The number of nitrogens with zero attached hydrogens (tertiary/aromatic N) is 3. The van der Waals surface area contributed by atoms with Gasteiger partial charge in [-0.1, -0.05) is 68.4 Å². The fourth-order valence-corrected chi connectivity index (χ4v) is 6.87. The second kappa shape index (κ2) is 15.3. The standard InChI is InChI=1S/C40H43N7O4/c1-26(2)41-18-21-51-25-37(48)43-30-12-13-35-36(22-30)47(40(50)45-35)31-15-19-46(20-16-31)24-27-8-10-29(11-9-27)38-32(28-6-4-3-5-7-28)23-33-34(44-38)14-17-42-39(33)49/h3-14,17,22-23,26,31,41H,15-16,18-21,24-25H2,1-2H3,(H,42,49)(H,43,48)(H,45,50). The largest absolute Gasteiger partial charge is 0.370 e. The van der Waals surface area contributed by atoms with Crippen LogP contribution in [0.25, 0.3) is 44.3 Å². The lowest BCUT2D eigenvalue weighted by Crippen LogP contribution is -2.36. The van der Waals surface area contributed by atoms with Crippen LogP contribution in [0, 0.1) is 0 Å². The van der Waals surface area contributed by atoms with Crippen molar-refractivity contribution >= 4 is 33.5 Å². The molecular formula is C40H43N7O4. The number of hydrogen-bond acceptors (Lipinski definition) is 7. The van der Waals surface area contributed by atoms with Gasteiger partial charge in [0.2, 0.25) is 5.91 Å². The fourth-order valence-electron chi connectivity index (χ4n) is 6.87. The Morgan fingerprint density at radius 3 is 2.51 bits per heavy atom. The van der Waals surface area contributed by atoms with Crippen molar-refractivity contribution < 1.29 is 9.53 Å². The van der Waals surface area contributed by atoms with Crippen molar-refractivity contribution in [3.8, 4) is 22.4 Å². The minimum Gasteiger partial charge on any atom is -0.370 e. The Bertz CT molecular complexity index is 2250. The third-order valence-electron chi connectivity index (χ3n) is 9.43. The molecule has 0 bridgehead atoms. The van der Waals surface area contributed by atoms with Crippen LogP contribution in [0.4, 0.5) is 5.69 Å². The summed E-state index contributed by atoms with van der Waals surface area (Å²) in [7, 11) is 0. The number of likely N-dealkylation sites (tertiary alicyclic amines) is 1. The van der Waals surface area contributed by atoms with Gasteiger partial charge in [0.05, 0.1) is 34.2 Å². The summed E-state index contributed by atoms with van der Waals surface area (Å²) in [4.78, 5) is 51.3. The van der Waals surface area contributed by atoms with Gasteiger partial charge in [-0.25, -0.2) is 9.78 Å². The summed E-state index contributed by atoms with van der Waals surface area (Å²) >= 11 is 0. The summed E-state index contributed by atoms with van der Waals surface area (Å²) in [5, 5.41) is 6.72. The number of imidazole rings is 1. The smallest absolute Gasteiger partial charge is 0.326 e. The minimum atomic E-state index is -0.230. The molecule has 1 aliphatic rings. The number of benzene rings is 3. The van der Waals surface area contributed by atoms with Crippen LogP contribution < -0.4 is 21.9 Å². The molecule has 7 rings (SSSR count). The number of anilines is 1. The van der Waals surface area contributed by atoms with Crippen LogP contribution in [-0.2, 0) is 16.1 Å². The zero-order valence-corrected chi connectivity index (χ0v) is 28.9. The number of amides is 1. The molecule has 0 aliphatic carbocycles. The van der Waals surface area contributed by atoms with Gasteiger partial charge in [0.1, 0.15) is 6.61 Å². The lowest BCUT2D eigenvalue weighted by Gasteiger charge is -2.32. The number of pyridine rings is 2. The van der Waals surface area contributed by atoms with Gasteiger partial charge in [-0.2, -0.15) is 0 Å². The molecule has 0 spiro atoms. The number of hydrogen-bond donors (Lipinski definition) is 4. The minimum absolute atomic E-state index is 0.0315. The van der Waals surface area contributed by atoms with Crippen LogP contribution >= 0.6 is 0 Å². The van der Waals surface area contributed by atoms with Crippen LogP contribution in [0.2, 0.25) is 0 Å². The van der Waals surface area contributed by atoms with Crippen molar-refractivity contribution in [2.45, 2.75) is 45.3 Å². The summed E-state index contributed by atoms with van der Waals surface area (Å²) in [6, 6.07) is 28.2. The van der Waals surface area contributed by atoms with E-state index in [2.05, 4.69) is 63.6 Å². The van der Waals surface area contributed by atoms with Crippen LogP contribution in [0.15, 0.2) is 101 Å². The van der Waals surface area contributed by atoms with Crippen LogP contribution in [0.1, 0.15) is 38.3 Å². The quantitative estimate of drug-likeness (QED) is 0.122. The molecule has 1 saturated heterocycles. The maximum Gasteiger partial charge on any atom is 0.326 e. The molecule has 1 amide bonds. The molecule has 11 nitrogen and oxygen atoms in total. The molecule has 0 radical (unpaired) electrons. The first kappa shape index (κ1) is 34.1. The maximum absolute atomic E-state index is 13.1. The number of carbonyl (C=O) groups excluding carboxylic acids is 1. The number of piperidine rings is 1. The highest BCUT2D eigenvalue weighted by Gasteiger charge is 2.24. The van der Waals surface area contributed by atoms with E-state index in [-0.39, 0.29) is 29.8 Å². The molecule has 262 valence electrons. The fraction of sp³-hybridized carbons (Fsp3) is 0.300. The Hall–Kier alpha value is -5.36. The van der Waals surface area contributed by atoms with Crippen LogP contribution in [0.5, 0.6) is 0 Å². The maximum atomic E-state index is 13.1. The number of H-pyrrole nitrogens is 2. The highest BCUT2D eigenvalue weighted by atomic mass is 16.5. The summed E-state index contributed by atoms with van der Waals surface area (Å²) in [5.41, 5.74) is 7.47. The number of aromatic amines is 2. The third kappa shape index (κ3) is 7.86. The van der Waals surface area contributed by atoms with Gasteiger partial charge in [0, 0.05) is 61.3 Å². The first-order valence-corrected chi connectivity index (χ1v) is 17.6. The van der Waals surface area contributed by atoms with E-state index in [9.17, 15) is 14.4 Å². The Morgan fingerprint density at radius 2 is 1.75 bits per heavy atom. The summed E-state index contributed by atoms with van der Waals surface area (Å²) in [6.45, 7) is 7.73. The van der Waals surface area contributed by atoms with E-state index < -0.39 is 0 Å². The first-order valence-electron chi connectivity index (χ1n) is 17.6. The number of nitrogens with one attached hydrogen (secondary N) is 4. The van der Waals surface area contributed by atoms with Crippen LogP contribution in [-0.4, -0.2) is 69.2 Å². The molecule has 11 heteroatoms. The highest BCUT2D eigenvalue weighted by Crippen LogP contribution is 2.33. The second-order valence-electron chi connectivity index (χ2n) is 13.4. The van der Waals surface area contributed by atoms with E-state index in [0.717, 1.165) is 65.9 Å². The van der Waals surface area contributed by atoms with E-state index in [0.29, 0.717) is 35.8 Å². The molecule has 51 heavy (non-hydrogen) atoms.